The molecule has 0 saturated heterocycles. The predicted molar refractivity (Wildman–Crippen MR) is 65.8 cm³/mol. The lowest BCUT2D eigenvalue weighted by atomic mass is 9.96. The minimum Gasteiger partial charge on any atom is -0.497 e. The third-order valence-electron chi connectivity index (χ3n) is 2.66. The molecule has 0 fully saturated rings. The third-order valence-corrected chi connectivity index (χ3v) is 2.66. The number of carbonyl (C=O) groups excluding carboxylic acids is 1. The largest absolute Gasteiger partial charge is 0.497 e. The molecule has 2 aromatic rings. The zero-order chi connectivity index (χ0) is 12.6. The Labute approximate surface area is 100 Å². The highest BCUT2D eigenvalue weighted by molar-refractivity contribution is 5.84. The van der Waals surface area contributed by atoms with E-state index >= 15 is 0 Å². The molecule has 2 aromatic heterocycles. The van der Waals surface area contributed by atoms with Gasteiger partial charge in [0.05, 0.1) is 12.6 Å². The summed E-state index contributed by atoms with van der Waals surface area (Å²) in [5, 5.41) is 0. The van der Waals surface area contributed by atoms with Crippen molar-refractivity contribution in [1.29, 1.82) is 0 Å². The number of hydrogen-bond donors (Lipinski definition) is 0. The number of methoxy groups -OCH3 is 1. The van der Waals surface area contributed by atoms with Gasteiger partial charge in [-0.05, 0) is 6.07 Å². The molecule has 0 atom stereocenters. The third kappa shape index (κ3) is 1.90. The van der Waals surface area contributed by atoms with Gasteiger partial charge >= 0.3 is 0 Å². The molecule has 4 nitrogen and oxygen atoms in total. The highest BCUT2D eigenvalue weighted by Gasteiger charge is 2.22. The van der Waals surface area contributed by atoms with Crippen LogP contribution in [-0.4, -0.2) is 22.8 Å². The van der Waals surface area contributed by atoms with Crippen LogP contribution in [0.4, 0.5) is 0 Å². The number of ether oxygens (including phenoxy) is 1. The van der Waals surface area contributed by atoms with E-state index in [2.05, 4.69) is 25.8 Å². The van der Waals surface area contributed by atoms with Crippen molar-refractivity contribution in [1.82, 2.24) is 9.38 Å². The topological polar surface area (TPSA) is 43.6 Å². The van der Waals surface area contributed by atoms with Gasteiger partial charge in [-0.2, -0.15) is 0 Å². The SMILES string of the molecule is COc1ccn2c(C(C)(C)C)nc(C=O)c2c1. The van der Waals surface area contributed by atoms with Gasteiger partial charge in [0.1, 0.15) is 17.3 Å². The monoisotopic (exact) mass is 232 g/mol. The van der Waals surface area contributed by atoms with E-state index in [-0.39, 0.29) is 5.41 Å². The Morgan fingerprint density at radius 3 is 2.65 bits per heavy atom. The van der Waals surface area contributed by atoms with Crippen LogP contribution in [0, 0.1) is 0 Å². The molecule has 90 valence electrons. The van der Waals surface area contributed by atoms with Gasteiger partial charge in [-0.1, -0.05) is 20.8 Å². The van der Waals surface area contributed by atoms with Gasteiger partial charge < -0.3 is 9.14 Å². The van der Waals surface area contributed by atoms with Crippen LogP contribution < -0.4 is 4.74 Å². The molecule has 0 spiro atoms. The lowest BCUT2D eigenvalue weighted by Gasteiger charge is -2.16. The first-order valence-electron chi connectivity index (χ1n) is 5.49. The molecule has 0 amide bonds. The van der Waals surface area contributed by atoms with Crippen molar-refractivity contribution in [2.45, 2.75) is 26.2 Å². The molecule has 2 rings (SSSR count). The summed E-state index contributed by atoms with van der Waals surface area (Å²) in [6.45, 7) is 6.21. The lowest BCUT2D eigenvalue weighted by molar-refractivity contribution is 0.112. The molecule has 0 aliphatic carbocycles. The van der Waals surface area contributed by atoms with Crippen LogP contribution in [-0.2, 0) is 5.41 Å². The Morgan fingerprint density at radius 2 is 2.12 bits per heavy atom. The minimum atomic E-state index is -0.112. The van der Waals surface area contributed by atoms with E-state index in [0.29, 0.717) is 5.69 Å². The van der Waals surface area contributed by atoms with Crippen molar-refractivity contribution >= 4 is 11.8 Å². The smallest absolute Gasteiger partial charge is 0.170 e. The van der Waals surface area contributed by atoms with E-state index in [1.54, 1.807) is 7.11 Å². The average Bonchev–Trinajstić information content (AvgIpc) is 2.66. The fraction of sp³-hybridized carbons (Fsp3) is 0.385. The van der Waals surface area contributed by atoms with E-state index in [0.717, 1.165) is 23.4 Å². The highest BCUT2D eigenvalue weighted by atomic mass is 16.5. The minimum absolute atomic E-state index is 0.112. The number of aromatic nitrogens is 2. The van der Waals surface area contributed by atoms with Crippen LogP contribution in [0.3, 0.4) is 0 Å². The number of fused-ring (bicyclic) bond motifs is 1. The van der Waals surface area contributed by atoms with Crippen LogP contribution in [0.15, 0.2) is 18.3 Å². The first-order valence-corrected chi connectivity index (χ1v) is 5.49. The second-order valence-electron chi connectivity index (χ2n) is 5.01. The van der Waals surface area contributed by atoms with E-state index in [4.69, 9.17) is 4.74 Å². The van der Waals surface area contributed by atoms with E-state index in [1.165, 1.54) is 0 Å². The van der Waals surface area contributed by atoms with Gasteiger partial charge in [0.25, 0.3) is 0 Å². The molecule has 0 N–H and O–H groups in total. The van der Waals surface area contributed by atoms with Crippen LogP contribution in [0.2, 0.25) is 0 Å². The molecule has 0 radical (unpaired) electrons. The number of imidazole rings is 1. The number of rotatable bonds is 2. The van der Waals surface area contributed by atoms with Crippen molar-refractivity contribution in [3.05, 3.63) is 29.8 Å². The van der Waals surface area contributed by atoms with Gasteiger partial charge in [-0.3, -0.25) is 4.79 Å². The van der Waals surface area contributed by atoms with Crippen molar-refractivity contribution in [3.8, 4) is 5.75 Å². The molecule has 0 unspecified atom stereocenters. The quantitative estimate of drug-likeness (QED) is 0.747. The van der Waals surface area contributed by atoms with Crippen molar-refractivity contribution in [2.24, 2.45) is 0 Å². The Morgan fingerprint density at radius 1 is 1.41 bits per heavy atom. The summed E-state index contributed by atoms with van der Waals surface area (Å²) in [5.74, 6) is 1.60. The van der Waals surface area contributed by atoms with Crippen molar-refractivity contribution < 1.29 is 9.53 Å². The maximum atomic E-state index is 11.0. The van der Waals surface area contributed by atoms with Crippen LogP contribution in [0.5, 0.6) is 5.75 Å². The fourth-order valence-corrected chi connectivity index (χ4v) is 1.83. The number of carbonyl (C=O) groups is 1. The van der Waals surface area contributed by atoms with Gasteiger partial charge in [0.15, 0.2) is 6.29 Å². The number of hydrogen-bond acceptors (Lipinski definition) is 3. The number of aldehydes is 1. The molecule has 2 heterocycles. The summed E-state index contributed by atoms with van der Waals surface area (Å²) in [6.07, 6.45) is 2.67. The Hall–Kier alpha value is -1.84. The molecule has 4 heteroatoms. The molecular formula is C13H16N2O2. The van der Waals surface area contributed by atoms with Gasteiger partial charge in [-0.25, -0.2) is 4.98 Å². The molecule has 0 aliphatic rings. The average molecular weight is 232 g/mol. The fourth-order valence-electron chi connectivity index (χ4n) is 1.83. The Balaban J connectivity index is 2.77. The molecular weight excluding hydrogens is 216 g/mol. The lowest BCUT2D eigenvalue weighted by Crippen LogP contribution is -2.15. The number of nitrogens with zero attached hydrogens (tertiary/aromatic N) is 2. The normalized spacial score (nSPS) is 11.8. The van der Waals surface area contributed by atoms with E-state index < -0.39 is 0 Å². The summed E-state index contributed by atoms with van der Waals surface area (Å²) in [4.78, 5) is 15.4. The standard InChI is InChI=1S/C13H16N2O2/c1-13(2,3)12-14-10(8-16)11-7-9(17-4)5-6-15(11)12/h5-8H,1-4H3. The van der Waals surface area contributed by atoms with Crippen molar-refractivity contribution in [3.63, 3.8) is 0 Å². The summed E-state index contributed by atoms with van der Waals surface area (Å²) in [5.41, 5.74) is 1.12. The Bertz CT molecular complexity index is 565. The number of pyridine rings is 1. The Kier molecular flexibility index (Phi) is 2.65. The maximum absolute atomic E-state index is 11.0. The zero-order valence-corrected chi connectivity index (χ0v) is 10.5. The predicted octanol–water partition coefficient (Wildman–Crippen LogP) is 2.45. The van der Waals surface area contributed by atoms with E-state index in [9.17, 15) is 4.79 Å². The van der Waals surface area contributed by atoms with Gasteiger partial charge in [-0.15, -0.1) is 0 Å². The summed E-state index contributed by atoms with van der Waals surface area (Å²) in [6, 6.07) is 3.68. The van der Waals surface area contributed by atoms with Gasteiger partial charge in [0.2, 0.25) is 0 Å². The van der Waals surface area contributed by atoms with Crippen molar-refractivity contribution in [2.75, 3.05) is 7.11 Å². The first-order chi connectivity index (χ1) is 7.97. The van der Waals surface area contributed by atoms with Crippen LogP contribution in [0.25, 0.3) is 5.52 Å². The summed E-state index contributed by atoms with van der Waals surface area (Å²) < 4.78 is 7.10. The van der Waals surface area contributed by atoms with Crippen LogP contribution >= 0.6 is 0 Å². The second-order valence-corrected chi connectivity index (χ2v) is 5.01. The maximum Gasteiger partial charge on any atom is 0.170 e. The summed E-state index contributed by atoms with van der Waals surface area (Å²) >= 11 is 0. The second kappa shape index (κ2) is 3.87. The van der Waals surface area contributed by atoms with Crippen LogP contribution in [0.1, 0.15) is 37.1 Å². The van der Waals surface area contributed by atoms with E-state index in [1.807, 2.05) is 22.7 Å². The zero-order valence-electron chi connectivity index (χ0n) is 10.5. The summed E-state index contributed by atoms with van der Waals surface area (Å²) in [7, 11) is 1.60. The molecule has 0 aliphatic heterocycles. The first kappa shape index (κ1) is 11.6. The highest BCUT2D eigenvalue weighted by Crippen LogP contribution is 2.26. The van der Waals surface area contributed by atoms with Gasteiger partial charge in [0, 0.05) is 17.7 Å². The molecule has 17 heavy (non-hydrogen) atoms. The molecule has 0 saturated carbocycles. The molecule has 0 aromatic carbocycles. The molecule has 0 bridgehead atoms.